The molecule has 0 aliphatic carbocycles. The summed E-state index contributed by atoms with van der Waals surface area (Å²) in [5, 5.41) is 0. The monoisotopic (exact) mass is 537 g/mol. The highest BCUT2D eigenvalue weighted by atomic mass is 79.9. The Kier molecular flexibility index (Phi) is 9.33. The van der Waals surface area contributed by atoms with Crippen molar-refractivity contribution in [2.45, 2.75) is 39.2 Å². The smallest absolute Gasteiger partial charge is 0.219 e. The normalized spacial score (nSPS) is 16.6. The molecule has 1 amide bonds. The Balaban J connectivity index is 0.000000224. The van der Waals surface area contributed by atoms with Crippen molar-refractivity contribution in [3.63, 3.8) is 0 Å². The first-order valence-corrected chi connectivity index (χ1v) is 11.5. The third kappa shape index (κ3) is 6.55. The summed E-state index contributed by atoms with van der Waals surface area (Å²) in [6.45, 7) is 5.18. The van der Waals surface area contributed by atoms with Crippen molar-refractivity contribution in [3.05, 3.63) is 50.9 Å². The Bertz CT molecular complexity index is 916. The number of rotatable bonds is 1. The van der Waals surface area contributed by atoms with Gasteiger partial charge in [0.25, 0.3) is 0 Å². The van der Waals surface area contributed by atoms with E-state index >= 15 is 0 Å². The number of hydrogen-bond donors (Lipinski definition) is 3. The molecule has 6 nitrogen and oxygen atoms in total. The maximum Gasteiger partial charge on any atom is 0.219 e. The Hall–Kier alpha value is -1.90. The first kappa shape index (κ1) is 24.4. The van der Waals surface area contributed by atoms with Crippen LogP contribution in [-0.4, -0.2) is 35.7 Å². The molecule has 6 N–H and O–H groups in total. The summed E-state index contributed by atoms with van der Waals surface area (Å²) in [6.07, 6.45) is 3.01. The van der Waals surface area contributed by atoms with Gasteiger partial charge < -0.3 is 22.1 Å². The van der Waals surface area contributed by atoms with Crippen LogP contribution >= 0.6 is 31.9 Å². The van der Waals surface area contributed by atoms with E-state index in [4.69, 9.17) is 22.2 Å². The number of anilines is 2. The van der Waals surface area contributed by atoms with E-state index in [9.17, 15) is 4.79 Å². The number of benzene rings is 2. The molecule has 30 heavy (non-hydrogen) atoms. The first-order chi connectivity index (χ1) is 14.3. The van der Waals surface area contributed by atoms with Gasteiger partial charge in [-0.05, 0) is 61.3 Å². The number of hydrogen-bond acceptors (Lipinski definition) is 5. The number of nitrogens with zero attached hydrogens (tertiary/aromatic N) is 2. The second kappa shape index (κ2) is 11.5. The Morgan fingerprint density at radius 2 is 1.77 bits per heavy atom. The van der Waals surface area contributed by atoms with Crippen LogP contribution in [0.15, 0.2) is 50.3 Å². The minimum absolute atomic E-state index is 0.164. The number of nitrogen functional groups attached to an aromatic ring is 2. The molecule has 162 valence electrons. The highest BCUT2D eigenvalue weighted by Gasteiger charge is 2.32. The zero-order chi connectivity index (χ0) is 22.3. The summed E-state index contributed by atoms with van der Waals surface area (Å²) in [4.78, 5) is 18.3. The van der Waals surface area contributed by atoms with E-state index in [1.165, 1.54) is 5.56 Å². The SMILES string of the molecule is CC(=O)N1CCC[C@H]1C1=Nc2ccc(Br)cc2C1.CCN.Nc1ccc(Br)cc1N. The van der Waals surface area contributed by atoms with E-state index in [2.05, 4.69) is 37.9 Å². The lowest BCUT2D eigenvalue weighted by molar-refractivity contribution is -0.128. The van der Waals surface area contributed by atoms with Crippen molar-refractivity contribution in [3.8, 4) is 0 Å². The quantitative estimate of drug-likeness (QED) is 0.458. The second-order valence-electron chi connectivity index (χ2n) is 7.10. The molecule has 0 aromatic heterocycles. The lowest BCUT2D eigenvalue weighted by atomic mass is 10.0. The molecule has 2 aromatic carbocycles. The van der Waals surface area contributed by atoms with Gasteiger partial charge in [0.15, 0.2) is 0 Å². The summed E-state index contributed by atoms with van der Waals surface area (Å²) in [6, 6.07) is 11.8. The maximum absolute atomic E-state index is 11.6. The second-order valence-corrected chi connectivity index (χ2v) is 8.94. The summed E-state index contributed by atoms with van der Waals surface area (Å²) >= 11 is 6.75. The van der Waals surface area contributed by atoms with Crippen molar-refractivity contribution in [2.24, 2.45) is 10.7 Å². The molecule has 4 rings (SSSR count). The minimum Gasteiger partial charge on any atom is -0.397 e. The van der Waals surface area contributed by atoms with Crippen LogP contribution in [0, 0.1) is 0 Å². The standard InChI is InChI=1S/C14H15BrN2O.C6H7BrN2.C2H7N/c1-9(18)17-6-2-3-14(17)13-8-10-7-11(15)4-5-12(10)16-13;7-4-1-2-5(8)6(9)3-4;1-2-3/h4-5,7,14H,2-3,6,8H2,1H3;1-3H,8-9H2;2-3H2,1H3/t14-;;/m0../s1. The highest BCUT2D eigenvalue weighted by molar-refractivity contribution is 9.10. The third-order valence-corrected chi connectivity index (χ3v) is 5.75. The van der Waals surface area contributed by atoms with Crippen molar-refractivity contribution in [1.82, 2.24) is 4.90 Å². The van der Waals surface area contributed by atoms with Crippen molar-refractivity contribution in [1.29, 1.82) is 0 Å². The molecule has 2 aliphatic heterocycles. The molecule has 1 saturated heterocycles. The molecule has 1 fully saturated rings. The molecule has 8 heteroatoms. The van der Waals surface area contributed by atoms with Crippen LogP contribution < -0.4 is 17.2 Å². The molecule has 2 aromatic rings. The predicted octanol–water partition coefficient (Wildman–Crippen LogP) is 4.67. The molecule has 0 saturated carbocycles. The van der Waals surface area contributed by atoms with Crippen LogP contribution in [0.2, 0.25) is 0 Å². The summed E-state index contributed by atoms with van der Waals surface area (Å²) in [5.41, 5.74) is 20.5. The fourth-order valence-electron chi connectivity index (χ4n) is 3.42. The average molecular weight is 539 g/mol. The van der Waals surface area contributed by atoms with E-state index in [0.717, 1.165) is 52.7 Å². The van der Waals surface area contributed by atoms with Gasteiger partial charge in [-0.1, -0.05) is 38.8 Å². The molecule has 0 spiro atoms. The Morgan fingerprint density at radius 1 is 1.13 bits per heavy atom. The van der Waals surface area contributed by atoms with Gasteiger partial charge in [0.05, 0.1) is 23.1 Å². The van der Waals surface area contributed by atoms with Crippen molar-refractivity contribution < 1.29 is 4.79 Å². The van der Waals surface area contributed by atoms with E-state index in [-0.39, 0.29) is 11.9 Å². The number of carbonyl (C=O) groups is 1. The topological polar surface area (TPSA) is 111 Å². The first-order valence-electron chi connectivity index (χ1n) is 9.90. The molecule has 0 bridgehead atoms. The number of nitrogens with two attached hydrogens (primary N) is 3. The zero-order valence-electron chi connectivity index (χ0n) is 17.4. The number of halogens is 2. The average Bonchev–Trinajstić information content (AvgIpc) is 3.32. The van der Waals surface area contributed by atoms with E-state index < -0.39 is 0 Å². The number of amides is 1. The number of carbonyl (C=O) groups excluding carboxylic acids is 1. The maximum atomic E-state index is 11.6. The van der Waals surface area contributed by atoms with Gasteiger partial charge in [0.1, 0.15) is 0 Å². The van der Waals surface area contributed by atoms with Gasteiger partial charge in [0, 0.05) is 34.5 Å². The van der Waals surface area contributed by atoms with Gasteiger partial charge in [-0.2, -0.15) is 0 Å². The van der Waals surface area contributed by atoms with Crippen molar-refractivity contribution in [2.75, 3.05) is 24.6 Å². The number of fused-ring (bicyclic) bond motifs is 1. The van der Waals surface area contributed by atoms with E-state index in [1.54, 1.807) is 19.1 Å². The number of aliphatic imine (C=N–C) groups is 1. The minimum atomic E-state index is 0.164. The van der Waals surface area contributed by atoms with Gasteiger partial charge in [0.2, 0.25) is 5.91 Å². The van der Waals surface area contributed by atoms with Gasteiger partial charge >= 0.3 is 0 Å². The highest BCUT2D eigenvalue weighted by Crippen LogP contribution is 2.33. The molecule has 2 aliphatic rings. The van der Waals surface area contributed by atoms with E-state index in [0.29, 0.717) is 11.4 Å². The van der Waals surface area contributed by atoms with Gasteiger partial charge in [-0.3, -0.25) is 9.79 Å². The fourth-order valence-corrected chi connectivity index (χ4v) is 4.21. The molecule has 0 radical (unpaired) electrons. The Labute approximate surface area is 195 Å². The molecule has 0 unspecified atom stereocenters. The van der Waals surface area contributed by atoms with Crippen LogP contribution in [0.25, 0.3) is 0 Å². The van der Waals surface area contributed by atoms with Crippen molar-refractivity contribution >= 4 is 60.5 Å². The summed E-state index contributed by atoms with van der Waals surface area (Å²) in [7, 11) is 0. The molecule has 2 heterocycles. The van der Waals surface area contributed by atoms with Crippen LogP contribution in [0.4, 0.5) is 17.1 Å². The van der Waals surface area contributed by atoms with Gasteiger partial charge in [-0.25, -0.2) is 0 Å². The summed E-state index contributed by atoms with van der Waals surface area (Å²) < 4.78 is 2.04. The van der Waals surface area contributed by atoms with Crippen LogP contribution in [0.5, 0.6) is 0 Å². The largest absolute Gasteiger partial charge is 0.397 e. The van der Waals surface area contributed by atoms with Crippen LogP contribution in [0.3, 0.4) is 0 Å². The fraction of sp³-hybridized carbons (Fsp3) is 0.364. The zero-order valence-corrected chi connectivity index (χ0v) is 20.5. The molecular formula is C22H29Br2N5O. The van der Waals surface area contributed by atoms with Crippen LogP contribution in [-0.2, 0) is 11.2 Å². The molecular weight excluding hydrogens is 510 g/mol. The summed E-state index contributed by atoms with van der Waals surface area (Å²) in [5.74, 6) is 0.164. The lowest BCUT2D eigenvalue weighted by Crippen LogP contribution is -2.39. The Morgan fingerprint density at radius 3 is 2.37 bits per heavy atom. The van der Waals surface area contributed by atoms with Crippen LogP contribution in [0.1, 0.15) is 32.3 Å². The lowest BCUT2D eigenvalue weighted by Gasteiger charge is -2.23. The van der Waals surface area contributed by atoms with E-state index in [1.807, 2.05) is 30.0 Å². The number of likely N-dealkylation sites (tertiary alicyclic amines) is 1. The third-order valence-electron chi connectivity index (χ3n) is 4.77. The predicted molar refractivity (Wildman–Crippen MR) is 133 cm³/mol. The molecule has 1 atom stereocenters. The van der Waals surface area contributed by atoms with Gasteiger partial charge in [-0.15, -0.1) is 0 Å².